The summed E-state index contributed by atoms with van der Waals surface area (Å²) in [5.74, 6) is -0.0405. The van der Waals surface area contributed by atoms with Gasteiger partial charge < -0.3 is 0 Å². The third-order valence-corrected chi connectivity index (χ3v) is 3.73. The van der Waals surface area contributed by atoms with Gasteiger partial charge in [0, 0.05) is 17.5 Å². The molecule has 2 aromatic rings. The standard InChI is InChI=1S/C11H11F2N.C6H6.CH3NO2/c12-9-3-7(9)8-4-11(6-1-2-6)14-5-10(8)13;1-2-4-6-5-3-1;3-1-2-4/h4-7,9H,1-3H2;1-6H;1,4H,(H,2,3). The Morgan fingerprint density at radius 2 is 1.67 bits per heavy atom. The molecular weight excluding hydrogens is 314 g/mol. The van der Waals surface area contributed by atoms with Crippen molar-refractivity contribution < 1.29 is 18.8 Å². The Bertz CT molecular complexity index is 609. The van der Waals surface area contributed by atoms with E-state index in [1.165, 1.54) is 11.7 Å². The third kappa shape index (κ3) is 5.70. The van der Waals surface area contributed by atoms with E-state index in [9.17, 15) is 8.78 Å². The summed E-state index contributed by atoms with van der Waals surface area (Å²) in [6.45, 7) is 0. The molecule has 4 rings (SSSR count). The first-order valence-electron chi connectivity index (χ1n) is 7.80. The molecule has 0 bridgehead atoms. The summed E-state index contributed by atoms with van der Waals surface area (Å²) in [6.07, 6.45) is 3.35. The second-order valence-electron chi connectivity index (χ2n) is 5.66. The Morgan fingerprint density at radius 1 is 1.17 bits per heavy atom. The zero-order chi connectivity index (χ0) is 17.4. The van der Waals surface area contributed by atoms with Crippen molar-refractivity contribution >= 4 is 6.41 Å². The van der Waals surface area contributed by atoms with E-state index in [1.807, 2.05) is 36.4 Å². The third-order valence-electron chi connectivity index (χ3n) is 3.73. The van der Waals surface area contributed by atoms with Crippen molar-refractivity contribution in [2.24, 2.45) is 0 Å². The molecule has 2 fully saturated rings. The van der Waals surface area contributed by atoms with Crippen LogP contribution in [0.2, 0.25) is 0 Å². The van der Waals surface area contributed by atoms with Gasteiger partial charge in [0.1, 0.15) is 12.0 Å². The molecule has 2 atom stereocenters. The molecule has 0 aliphatic heterocycles. The average molecular weight is 334 g/mol. The Morgan fingerprint density at radius 3 is 2.04 bits per heavy atom. The number of hydroxylamine groups is 1. The van der Waals surface area contributed by atoms with Gasteiger partial charge in [-0.25, -0.2) is 14.3 Å². The molecule has 0 saturated heterocycles. The van der Waals surface area contributed by atoms with E-state index < -0.39 is 6.17 Å². The number of pyridine rings is 1. The van der Waals surface area contributed by atoms with E-state index >= 15 is 0 Å². The quantitative estimate of drug-likeness (QED) is 0.511. The predicted molar refractivity (Wildman–Crippen MR) is 85.9 cm³/mol. The van der Waals surface area contributed by atoms with Crippen LogP contribution < -0.4 is 5.48 Å². The lowest BCUT2D eigenvalue weighted by molar-refractivity contribution is -0.116. The number of carbonyl (C=O) groups excluding carboxylic acids is 1. The van der Waals surface area contributed by atoms with Gasteiger partial charge in [-0.3, -0.25) is 15.0 Å². The fourth-order valence-corrected chi connectivity index (χ4v) is 2.23. The normalized spacial score (nSPS) is 20.6. The van der Waals surface area contributed by atoms with Crippen molar-refractivity contribution in [1.82, 2.24) is 10.5 Å². The monoisotopic (exact) mass is 334 g/mol. The summed E-state index contributed by atoms with van der Waals surface area (Å²) in [4.78, 5) is 12.9. The van der Waals surface area contributed by atoms with Crippen LogP contribution in [0.25, 0.3) is 0 Å². The molecule has 128 valence electrons. The van der Waals surface area contributed by atoms with Crippen LogP contribution in [0, 0.1) is 5.82 Å². The maximum atomic E-state index is 13.3. The topological polar surface area (TPSA) is 62.2 Å². The zero-order valence-electron chi connectivity index (χ0n) is 13.1. The molecule has 2 aliphatic carbocycles. The van der Waals surface area contributed by atoms with Gasteiger partial charge in [0.25, 0.3) is 0 Å². The van der Waals surface area contributed by atoms with Crippen LogP contribution in [0.15, 0.2) is 48.7 Å². The number of hydrogen-bond acceptors (Lipinski definition) is 3. The molecule has 6 heteroatoms. The van der Waals surface area contributed by atoms with Gasteiger partial charge in [-0.15, -0.1) is 0 Å². The Labute approximate surface area is 139 Å². The lowest BCUT2D eigenvalue weighted by atomic mass is 10.1. The number of nitrogens with zero attached hydrogens (tertiary/aromatic N) is 1. The molecule has 2 saturated carbocycles. The summed E-state index contributed by atoms with van der Waals surface area (Å²) >= 11 is 0. The minimum Gasteiger partial charge on any atom is -0.289 e. The van der Waals surface area contributed by atoms with Gasteiger partial charge in [0.2, 0.25) is 6.41 Å². The summed E-state index contributed by atoms with van der Waals surface area (Å²) in [6, 6.07) is 13.8. The van der Waals surface area contributed by atoms with E-state index in [0.29, 0.717) is 17.9 Å². The largest absolute Gasteiger partial charge is 0.289 e. The van der Waals surface area contributed by atoms with Gasteiger partial charge in [0.05, 0.1) is 6.20 Å². The van der Waals surface area contributed by atoms with E-state index in [0.717, 1.165) is 18.5 Å². The summed E-state index contributed by atoms with van der Waals surface area (Å²) in [5.41, 5.74) is 2.73. The molecule has 1 aromatic heterocycles. The van der Waals surface area contributed by atoms with Gasteiger partial charge >= 0.3 is 0 Å². The molecule has 1 amide bonds. The number of nitrogens with one attached hydrogen (secondary N) is 1. The maximum Gasteiger partial charge on any atom is 0.230 e. The highest BCUT2D eigenvalue weighted by Gasteiger charge is 2.41. The first-order valence-corrected chi connectivity index (χ1v) is 7.80. The number of hydrogen-bond donors (Lipinski definition) is 2. The van der Waals surface area contributed by atoms with Crippen LogP contribution in [-0.4, -0.2) is 22.8 Å². The Hall–Kier alpha value is -2.34. The molecule has 24 heavy (non-hydrogen) atoms. The molecule has 0 spiro atoms. The van der Waals surface area contributed by atoms with Crippen LogP contribution in [-0.2, 0) is 4.79 Å². The minimum atomic E-state index is -0.834. The Balaban J connectivity index is 0.000000174. The molecule has 2 aliphatic rings. The fraction of sp³-hybridized carbons (Fsp3) is 0.333. The molecule has 2 N–H and O–H groups in total. The smallest absolute Gasteiger partial charge is 0.230 e. The minimum absolute atomic E-state index is 0.181. The summed E-state index contributed by atoms with van der Waals surface area (Å²) in [5, 5.41) is 7.26. The van der Waals surface area contributed by atoms with E-state index in [1.54, 1.807) is 6.07 Å². The maximum absolute atomic E-state index is 13.3. The first kappa shape index (κ1) is 18.0. The molecule has 2 unspecified atom stereocenters. The first-order chi connectivity index (χ1) is 11.7. The van der Waals surface area contributed by atoms with E-state index in [2.05, 4.69) is 4.98 Å². The number of halogens is 2. The number of alkyl halides is 1. The molecule has 0 radical (unpaired) electrons. The van der Waals surface area contributed by atoms with Crippen molar-refractivity contribution in [3.63, 3.8) is 0 Å². The molecule has 1 heterocycles. The van der Waals surface area contributed by atoms with E-state index in [-0.39, 0.29) is 18.1 Å². The van der Waals surface area contributed by atoms with Gasteiger partial charge in [-0.1, -0.05) is 36.4 Å². The highest BCUT2D eigenvalue weighted by molar-refractivity contribution is 5.43. The predicted octanol–water partition coefficient (Wildman–Crippen LogP) is 3.73. The van der Waals surface area contributed by atoms with Gasteiger partial charge in [-0.2, -0.15) is 0 Å². The zero-order valence-corrected chi connectivity index (χ0v) is 13.1. The SMILES string of the molecule is Fc1cnc(C2CC2)cc1C1CC1F.O=CNO.c1ccccc1. The van der Waals surface area contributed by atoms with Crippen molar-refractivity contribution in [2.75, 3.05) is 0 Å². The van der Waals surface area contributed by atoms with Gasteiger partial charge in [-0.05, 0) is 30.9 Å². The lowest BCUT2D eigenvalue weighted by Crippen LogP contribution is -1.99. The van der Waals surface area contributed by atoms with Crippen LogP contribution in [0.5, 0.6) is 0 Å². The van der Waals surface area contributed by atoms with Gasteiger partial charge in [0.15, 0.2) is 0 Å². The van der Waals surface area contributed by atoms with Crippen molar-refractivity contribution in [3.05, 3.63) is 65.7 Å². The highest BCUT2D eigenvalue weighted by atomic mass is 19.1. The van der Waals surface area contributed by atoms with Crippen molar-refractivity contribution in [3.8, 4) is 0 Å². The number of amides is 1. The second kappa shape index (κ2) is 9.08. The summed E-state index contributed by atoms with van der Waals surface area (Å²) < 4.78 is 26.1. The van der Waals surface area contributed by atoms with Crippen LogP contribution in [0.3, 0.4) is 0 Å². The van der Waals surface area contributed by atoms with Crippen molar-refractivity contribution in [2.45, 2.75) is 37.3 Å². The van der Waals surface area contributed by atoms with E-state index in [4.69, 9.17) is 10.0 Å². The molecular formula is C18H20F2N2O2. The molecule has 4 nitrogen and oxygen atoms in total. The number of aromatic nitrogens is 1. The Kier molecular flexibility index (Phi) is 6.81. The highest BCUT2D eigenvalue weighted by Crippen LogP contribution is 2.46. The van der Waals surface area contributed by atoms with Crippen molar-refractivity contribution in [1.29, 1.82) is 0 Å². The average Bonchev–Trinajstić information content (AvgIpc) is 3.55. The number of rotatable bonds is 3. The molecule has 1 aromatic carbocycles. The summed E-state index contributed by atoms with van der Waals surface area (Å²) in [7, 11) is 0. The number of benzene rings is 1. The fourth-order valence-electron chi connectivity index (χ4n) is 2.23. The lowest BCUT2D eigenvalue weighted by Gasteiger charge is -2.03. The second-order valence-corrected chi connectivity index (χ2v) is 5.66. The number of carbonyl (C=O) groups is 1. The van der Waals surface area contributed by atoms with Crippen LogP contribution in [0.1, 0.15) is 42.4 Å². The van der Waals surface area contributed by atoms with Crippen LogP contribution >= 0.6 is 0 Å². The van der Waals surface area contributed by atoms with Crippen LogP contribution in [0.4, 0.5) is 8.78 Å².